The van der Waals surface area contributed by atoms with Crippen LogP contribution in [0.5, 0.6) is 0 Å². The number of rotatable bonds is 1. The van der Waals surface area contributed by atoms with Crippen LogP contribution >= 0.6 is 54.8 Å². The molecule has 1 aliphatic rings. The van der Waals surface area contributed by atoms with Crippen molar-refractivity contribution in [1.29, 1.82) is 0 Å². The number of hydrogen-bond acceptors (Lipinski definition) is 5. The molecule has 12 heteroatoms. The maximum Gasteiger partial charge on any atom is 0.437 e. The SMILES string of the molecule is CN1/C(=N/C(=O)OC(C)(C)C)N[C@](C)(c2sc(Br)c(Br)c2Cl)CS1(=O)=O. The molecule has 2 heterocycles. The van der Waals surface area contributed by atoms with Gasteiger partial charge in [0.2, 0.25) is 16.0 Å². The lowest BCUT2D eigenvalue weighted by Crippen LogP contribution is -2.61. The molecule has 0 aromatic carbocycles. The third-order valence-corrected chi connectivity index (χ3v) is 9.80. The molecular weight excluding hydrogens is 534 g/mol. The first kappa shape index (κ1) is 21.9. The molecule has 1 aromatic heterocycles. The van der Waals surface area contributed by atoms with Gasteiger partial charge >= 0.3 is 6.09 Å². The molecule has 1 fully saturated rings. The fraction of sp³-hybridized carbons (Fsp3) is 0.571. The van der Waals surface area contributed by atoms with Gasteiger partial charge in [0, 0.05) is 7.05 Å². The van der Waals surface area contributed by atoms with Crippen molar-refractivity contribution in [2.75, 3.05) is 12.8 Å². The quantitative estimate of drug-likeness (QED) is 0.563. The van der Waals surface area contributed by atoms with E-state index in [1.54, 1.807) is 27.7 Å². The molecule has 2 rings (SSSR count). The van der Waals surface area contributed by atoms with Crippen LogP contribution in [0.1, 0.15) is 32.6 Å². The molecule has 7 nitrogen and oxygen atoms in total. The van der Waals surface area contributed by atoms with E-state index < -0.39 is 27.3 Å². The third kappa shape index (κ3) is 4.54. The smallest absolute Gasteiger partial charge is 0.437 e. The number of sulfonamides is 1. The predicted molar refractivity (Wildman–Crippen MR) is 110 cm³/mol. The fourth-order valence-corrected chi connectivity index (χ4v) is 6.60. The molecule has 1 amide bonds. The van der Waals surface area contributed by atoms with E-state index in [0.29, 0.717) is 14.4 Å². The summed E-state index contributed by atoms with van der Waals surface area (Å²) in [6.45, 7) is 6.79. The maximum absolute atomic E-state index is 12.6. The molecule has 0 bridgehead atoms. The van der Waals surface area contributed by atoms with Crippen LogP contribution in [-0.2, 0) is 20.3 Å². The van der Waals surface area contributed by atoms with Crippen molar-refractivity contribution in [3.8, 4) is 0 Å². The first-order valence-corrected chi connectivity index (χ1v) is 11.8. The van der Waals surface area contributed by atoms with Gasteiger partial charge in [0.1, 0.15) is 5.60 Å². The number of carbonyl (C=O) groups is 1. The second kappa shape index (κ2) is 7.23. The molecule has 0 aliphatic carbocycles. The zero-order valence-electron chi connectivity index (χ0n) is 14.7. The number of guanidine groups is 1. The normalized spacial score (nSPS) is 24.5. The van der Waals surface area contributed by atoms with Crippen LogP contribution in [0.4, 0.5) is 4.79 Å². The molecular formula is C14H18Br2ClN3O4S2. The standard InChI is InChI=1S/C14H18Br2ClN3O4S2/c1-13(2,3)24-12(21)18-11-19-14(4,6-26(22,23)20(11)5)9-8(17)7(15)10(16)25-9/h6H2,1-5H3,(H,18,19,21)/t14-/m0/s1. The van der Waals surface area contributed by atoms with Gasteiger partial charge in [-0.25, -0.2) is 17.5 Å². The first-order chi connectivity index (χ1) is 11.7. The fourth-order valence-electron chi connectivity index (χ4n) is 2.27. The number of amides is 1. The summed E-state index contributed by atoms with van der Waals surface area (Å²) in [5.74, 6) is -0.368. The summed E-state index contributed by atoms with van der Waals surface area (Å²) >= 11 is 14.4. The van der Waals surface area contributed by atoms with Crippen molar-refractivity contribution in [1.82, 2.24) is 9.62 Å². The summed E-state index contributed by atoms with van der Waals surface area (Å²) in [5.41, 5.74) is -1.81. The molecule has 26 heavy (non-hydrogen) atoms. The van der Waals surface area contributed by atoms with Crippen molar-refractivity contribution in [3.05, 3.63) is 18.2 Å². The topological polar surface area (TPSA) is 88.1 Å². The van der Waals surface area contributed by atoms with Gasteiger partial charge in [-0.15, -0.1) is 16.3 Å². The number of thiophene rings is 1. The van der Waals surface area contributed by atoms with E-state index in [9.17, 15) is 13.2 Å². The van der Waals surface area contributed by atoms with E-state index in [2.05, 4.69) is 42.2 Å². The van der Waals surface area contributed by atoms with Crippen molar-refractivity contribution in [3.63, 3.8) is 0 Å². The van der Waals surface area contributed by atoms with Crippen LogP contribution < -0.4 is 5.32 Å². The molecule has 1 atom stereocenters. The van der Waals surface area contributed by atoms with E-state index in [0.717, 1.165) is 8.09 Å². The molecule has 0 unspecified atom stereocenters. The first-order valence-electron chi connectivity index (χ1n) is 7.36. The summed E-state index contributed by atoms with van der Waals surface area (Å²) in [6.07, 6.45) is -0.883. The summed E-state index contributed by atoms with van der Waals surface area (Å²) < 4.78 is 32.8. The van der Waals surface area contributed by atoms with Gasteiger partial charge in [0.05, 0.1) is 29.5 Å². The highest BCUT2D eigenvalue weighted by Gasteiger charge is 2.45. The maximum atomic E-state index is 12.6. The van der Waals surface area contributed by atoms with Gasteiger partial charge in [-0.2, -0.15) is 0 Å². The van der Waals surface area contributed by atoms with Crippen LogP contribution in [0, 0.1) is 0 Å². The highest BCUT2D eigenvalue weighted by Crippen LogP contribution is 2.46. The lowest BCUT2D eigenvalue weighted by Gasteiger charge is -2.39. The minimum absolute atomic E-state index is 0.121. The van der Waals surface area contributed by atoms with E-state index in [-0.39, 0.29) is 11.7 Å². The Bertz CT molecular complexity index is 879. The Kier molecular flexibility index (Phi) is 6.10. The van der Waals surface area contributed by atoms with Crippen molar-refractivity contribution >= 4 is 76.9 Å². The van der Waals surface area contributed by atoms with Crippen LogP contribution in [-0.4, -0.2) is 43.2 Å². The molecule has 1 saturated heterocycles. The molecule has 1 aliphatic heterocycles. The summed E-state index contributed by atoms with van der Waals surface area (Å²) in [7, 11) is -2.40. The second-order valence-electron chi connectivity index (χ2n) is 6.93. The predicted octanol–water partition coefficient (Wildman–Crippen LogP) is 4.30. The van der Waals surface area contributed by atoms with Crippen molar-refractivity contribution in [2.45, 2.75) is 38.8 Å². The van der Waals surface area contributed by atoms with Crippen LogP contribution in [0.3, 0.4) is 0 Å². The summed E-state index contributed by atoms with van der Waals surface area (Å²) in [4.78, 5) is 16.5. The minimum atomic E-state index is -3.73. The van der Waals surface area contributed by atoms with Gasteiger partial charge in [-0.1, -0.05) is 11.6 Å². The van der Waals surface area contributed by atoms with Crippen LogP contribution in [0.2, 0.25) is 5.02 Å². The van der Waals surface area contributed by atoms with E-state index in [4.69, 9.17) is 16.3 Å². The van der Waals surface area contributed by atoms with Crippen LogP contribution in [0.25, 0.3) is 0 Å². The zero-order chi connectivity index (χ0) is 20.1. The van der Waals surface area contributed by atoms with Gasteiger partial charge < -0.3 is 10.1 Å². The van der Waals surface area contributed by atoms with Crippen molar-refractivity contribution < 1.29 is 17.9 Å². The monoisotopic (exact) mass is 549 g/mol. The number of hydrogen-bond donors (Lipinski definition) is 1. The second-order valence-corrected chi connectivity index (χ2v) is 12.4. The Hall–Kier alpha value is -0.360. The summed E-state index contributed by atoms with van der Waals surface area (Å²) in [5, 5.41) is 3.43. The molecule has 0 spiro atoms. The largest absolute Gasteiger partial charge is 0.442 e. The average Bonchev–Trinajstić information content (AvgIpc) is 2.70. The van der Waals surface area contributed by atoms with Gasteiger partial charge in [-0.05, 0) is 59.6 Å². The Morgan fingerprint density at radius 3 is 2.46 bits per heavy atom. The minimum Gasteiger partial charge on any atom is -0.442 e. The van der Waals surface area contributed by atoms with E-state index in [1.807, 2.05) is 0 Å². The van der Waals surface area contributed by atoms with Gasteiger partial charge in [0.25, 0.3) is 0 Å². The molecule has 146 valence electrons. The number of carbonyl (C=O) groups excluding carboxylic acids is 1. The number of nitrogens with zero attached hydrogens (tertiary/aromatic N) is 2. The molecule has 1 N–H and O–H groups in total. The van der Waals surface area contributed by atoms with E-state index >= 15 is 0 Å². The van der Waals surface area contributed by atoms with E-state index in [1.165, 1.54) is 18.4 Å². The number of aliphatic imine (C=N–C) groups is 1. The Labute approximate surface area is 178 Å². The zero-order valence-corrected chi connectivity index (χ0v) is 20.2. The molecule has 1 aromatic rings. The Balaban J connectivity index is 2.49. The molecule has 0 saturated carbocycles. The lowest BCUT2D eigenvalue weighted by molar-refractivity contribution is 0.0602. The number of nitrogens with one attached hydrogen (secondary N) is 1. The number of ether oxygens (including phenoxy) is 1. The lowest BCUT2D eigenvalue weighted by atomic mass is 10.0. The number of halogens is 3. The highest BCUT2D eigenvalue weighted by molar-refractivity contribution is 9.13. The average molecular weight is 552 g/mol. The highest BCUT2D eigenvalue weighted by atomic mass is 79.9. The van der Waals surface area contributed by atoms with Gasteiger partial charge in [0.15, 0.2) is 0 Å². The third-order valence-electron chi connectivity index (χ3n) is 3.42. The summed E-state index contributed by atoms with van der Waals surface area (Å²) in [6, 6.07) is 0. The Morgan fingerprint density at radius 2 is 2.00 bits per heavy atom. The van der Waals surface area contributed by atoms with Crippen molar-refractivity contribution in [2.24, 2.45) is 4.99 Å². The van der Waals surface area contributed by atoms with Gasteiger partial charge in [-0.3, -0.25) is 0 Å². The molecule has 0 radical (unpaired) electrons. The van der Waals surface area contributed by atoms with Crippen LogP contribution in [0.15, 0.2) is 13.3 Å². The Morgan fingerprint density at radius 1 is 1.42 bits per heavy atom.